The number of carbonyl (C=O) groups is 1. The quantitative estimate of drug-likeness (QED) is 0.817. The van der Waals surface area contributed by atoms with E-state index in [0.717, 1.165) is 6.42 Å². The molecule has 0 aliphatic carbocycles. The molecule has 2 heterocycles. The normalized spacial score (nSPS) is 26.9. The molecule has 5 heteroatoms. The van der Waals surface area contributed by atoms with Crippen molar-refractivity contribution in [3.8, 4) is 0 Å². The largest absolute Gasteiger partial charge is 0.478 e. The second-order valence-electron chi connectivity index (χ2n) is 4.01. The number of rotatable bonds is 3. The van der Waals surface area contributed by atoms with E-state index in [0.29, 0.717) is 6.42 Å². The molecule has 16 heavy (non-hydrogen) atoms. The van der Waals surface area contributed by atoms with E-state index in [9.17, 15) is 9.90 Å². The van der Waals surface area contributed by atoms with Gasteiger partial charge in [-0.3, -0.25) is 0 Å². The molecule has 2 rings (SSSR count). The molecule has 0 spiro atoms. The Bertz CT molecular complexity index is 383. The zero-order valence-electron chi connectivity index (χ0n) is 8.92. The van der Waals surface area contributed by atoms with Gasteiger partial charge >= 0.3 is 5.97 Å². The van der Waals surface area contributed by atoms with Crippen LogP contribution in [0.2, 0.25) is 0 Å². The first-order chi connectivity index (χ1) is 7.59. The van der Waals surface area contributed by atoms with Crippen LogP contribution in [0.5, 0.6) is 0 Å². The minimum absolute atomic E-state index is 0.00402. The summed E-state index contributed by atoms with van der Waals surface area (Å²) in [6, 6.07) is 1.33. The highest BCUT2D eigenvalue weighted by Crippen LogP contribution is 2.31. The van der Waals surface area contributed by atoms with E-state index < -0.39 is 12.1 Å². The van der Waals surface area contributed by atoms with E-state index in [1.165, 1.54) is 12.3 Å². The number of carboxylic acids is 1. The molecule has 1 fully saturated rings. The van der Waals surface area contributed by atoms with Crippen LogP contribution in [0.3, 0.4) is 0 Å². The van der Waals surface area contributed by atoms with Crippen LogP contribution in [-0.2, 0) is 4.74 Å². The summed E-state index contributed by atoms with van der Waals surface area (Å²) in [6.45, 7) is 1.92. The first kappa shape index (κ1) is 11.2. The number of carboxylic acid groups (broad SMARTS) is 1. The average Bonchev–Trinajstić information content (AvgIpc) is 2.84. The van der Waals surface area contributed by atoms with Crippen LogP contribution in [0.1, 0.15) is 42.0 Å². The van der Waals surface area contributed by atoms with Gasteiger partial charge in [0, 0.05) is 0 Å². The van der Waals surface area contributed by atoms with Gasteiger partial charge < -0.3 is 19.4 Å². The third-order valence-corrected chi connectivity index (χ3v) is 2.81. The van der Waals surface area contributed by atoms with Gasteiger partial charge in [0.2, 0.25) is 0 Å². The van der Waals surface area contributed by atoms with Crippen molar-refractivity contribution in [3.05, 3.63) is 23.7 Å². The maximum Gasteiger partial charge on any atom is 0.339 e. The average molecular weight is 226 g/mol. The van der Waals surface area contributed by atoms with Gasteiger partial charge in [0.25, 0.3) is 0 Å². The summed E-state index contributed by atoms with van der Waals surface area (Å²) in [6.07, 6.45) is 1.56. The number of furan rings is 1. The van der Waals surface area contributed by atoms with Gasteiger partial charge in [0.05, 0.1) is 18.5 Å². The van der Waals surface area contributed by atoms with Crippen molar-refractivity contribution in [2.45, 2.75) is 38.1 Å². The Labute approximate surface area is 92.6 Å². The van der Waals surface area contributed by atoms with Crippen LogP contribution in [0.25, 0.3) is 0 Å². The first-order valence-electron chi connectivity index (χ1n) is 5.24. The van der Waals surface area contributed by atoms with E-state index in [4.69, 9.17) is 14.3 Å². The van der Waals surface area contributed by atoms with Crippen molar-refractivity contribution in [2.75, 3.05) is 0 Å². The molecule has 0 bridgehead atoms. The van der Waals surface area contributed by atoms with E-state index in [2.05, 4.69) is 0 Å². The van der Waals surface area contributed by atoms with E-state index in [-0.39, 0.29) is 23.5 Å². The van der Waals surface area contributed by atoms with E-state index in [1.54, 1.807) is 0 Å². The summed E-state index contributed by atoms with van der Waals surface area (Å²) < 4.78 is 10.5. The van der Waals surface area contributed by atoms with Crippen molar-refractivity contribution >= 4 is 5.97 Å². The Balaban J connectivity index is 2.17. The van der Waals surface area contributed by atoms with Crippen molar-refractivity contribution in [1.82, 2.24) is 0 Å². The number of hydrogen-bond acceptors (Lipinski definition) is 4. The van der Waals surface area contributed by atoms with E-state index >= 15 is 0 Å². The van der Waals surface area contributed by atoms with Crippen LogP contribution >= 0.6 is 0 Å². The first-order valence-corrected chi connectivity index (χ1v) is 5.24. The maximum absolute atomic E-state index is 10.9. The van der Waals surface area contributed by atoms with Gasteiger partial charge in [-0.15, -0.1) is 0 Å². The third-order valence-electron chi connectivity index (χ3n) is 2.81. The lowest BCUT2D eigenvalue weighted by Gasteiger charge is -2.16. The second kappa shape index (κ2) is 4.27. The van der Waals surface area contributed by atoms with Crippen molar-refractivity contribution in [3.63, 3.8) is 0 Å². The Morgan fingerprint density at radius 1 is 1.56 bits per heavy atom. The maximum atomic E-state index is 10.9. The molecule has 2 N–H and O–H groups in total. The zero-order valence-corrected chi connectivity index (χ0v) is 8.92. The number of aromatic carboxylic acids is 1. The van der Waals surface area contributed by atoms with Crippen molar-refractivity contribution < 1.29 is 24.2 Å². The minimum Gasteiger partial charge on any atom is -0.478 e. The molecule has 1 aromatic heterocycles. The number of aliphatic hydroxyl groups excluding tert-OH is 1. The summed E-state index contributed by atoms with van der Waals surface area (Å²) in [5.74, 6) is -1.03. The lowest BCUT2D eigenvalue weighted by Crippen LogP contribution is -2.20. The zero-order chi connectivity index (χ0) is 11.7. The molecule has 88 valence electrons. The molecule has 0 amide bonds. The van der Waals surface area contributed by atoms with Gasteiger partial charge in [-0.2, -0.15) is 0 Å². The molecule has 5 nitrogen and oxygen atoms in total. The summed E-state index contributed by atoms with van der Waals surface area (Å²) >= 11 is 0. The Morgan fingerprint density at radius 2 is 2.31 bits per heavy atom. The number of aliphatic hydroxyl groups is 1. The molecule has 0 saturated carbocycles. The fourth-order valence-corrected chi connectivity index (χ4v) is 1.96. The van der Waals surface area contributed by atoms with Gasteiger partial charge in [0.1, 0.15) is 17.4 Å². The van der Waals surface area contributed by atoms with Crippen molar-refractivity contribution in [1.29, 1.82) is 0 Å². The number of ether oxygens (including phenoxy) is 1. The molecule has 3 unspecified atom stereocenters. The van der Waals surface area contributed by atoms with E-state index in [1.807, 2.05) is 6.92 Å². The van der Waals surface area contributed by atoms with Gasteiger partial charge in [-0.25, -0.2) is 4.79 Å². The minimum atomic E-state index is -1.10. The molecule has 1 aliphatic rings. The summed E-state index contributed by atoms with van der Waals surface area (Å²) in [4.78, 5) is 10.9. The monoisotopic (exact) mass is 226 g/mol. The van der Waals surface area contributed by atoms with Crippen LogP contribution in [0.4, 0.5) is 0 Å². The summed E-state index contributed by atoms with van der Waals surface area (Å²) in [5.41, 5.74) is -0.00402. The Morgan fingerprint density at radius 3 is 2.88 bits per heavy atom. The standard InChI is InChI=1S/C11H14O5/c1-6-2-3-8(16-6)9(12)10-7(11(13)14)4-5-15-10/h4-6,8-9,12H,2-3H2,1H3,(H,13,14). The molecular weight excluding hydrogens is 212 g/mol. The van der Waals surface area contributed by atoms with Crippen LogP contribution < -0.4 is 0 Å². The molecule has 0 radical (unpaired) electrons. The highest BCUT2D eigenvalue weighted by molar-refractivity contribution is 5.88. The van der Waals surface area contributed by atoms with Crippen LogP contribution in [0, 0.1) is 0 Å². The fourth-order valence-electron chi connectivity index (χ4n) is 1.96. The third kappa shape index (κ3) is 1.96. The Kier molecular flexibility index (Phi) is 2.98. The van der Waals surface area contributed by atoms with Crippen LogP contribution in [-0.4, -0.2) is 28.4 Å². The molecular formula is C11H14O5. The highest BCUT2D eigenvalue weighted by atomic mass is 16.5. The van der Waals surface area contributed by atoms with Gasteiger partial charge in [-0.1, -0.05) is 0 Å². The predicted octanol–water partition coefficient (Wildman–Crippen LogP) is 1.58. The van der Waals surface area contributed by atoms with Gasteiger partial charge in [0.15, 0.2) is 0 Å². The molecule has 0 aromatic carbocycles. The summed E-state index contributed by atoms with van der Waals surface area (Å²) in [5, 5.41) is 18.9. The fraction of sp³-hybridized carbons (Fsp3) is 0.545. The summed E-state index contributed by atoms with van der Waals surface area (Å²) in [7, 11) is 0. The predicted molar refractivity (Wildman–Crippen MR) is 54.2 cm³/mol. The lowest BCUT2D eigenvalue weighted by molar-refractivity contribution is -0.0384. The molecule has 3 atom stereocenters. The second-order valence-corrected chi connectivity index (χ2v) is 4.01. The molecule has 1 aromatic rings. The highest BCUT2D eigenvalue weighted by Gasteiger charge is 2.33. The van der Waals surface area contributed by atoms with Crippen LogP contribution in [0.15, 0.2) is 16.7 Å². The Hall–Kier alpha value is -1.33. The molecule has 1 saturated heterocycles. The topological polar surface area (TPSA) is 79.9 Å². The number of hydrogen-bond donors (Lipinski definition) is 2. The SMILES string of the molecule is CC1CCC(C(O)c2occc2C(=O)O)O1. The van der Waals surface area contributed by atoms with Crippen molar-refractivity contribution in [2.24, 2.45) is 0 Å². The lowest BCUT2D eigenvalue weighted by atomic mass is 10.1. The molecule has 1 aliphatic heterocycles. The van der Waals surface area contributed by atoms with Gasteiger partial charge in [-0.05, 0) is 25.8 Å². The smallest absolute Gasteiger partial charge is 0.339 e.